The number of aromatic nitrogens is 1. The van der Waals surface area contributed by atoms with Crippen molar-refractivity contribution in [1.29, 1.82) is 0 Å². The number of pyridine rings is 1. The van der Waals surface area contributed by atoms with Crippen LogP contribution in [0, 0.1) is 0 Å². The highest BCUT2D eigenvalue weighted by molar-refractivity contribution is 6.32. The van der Waals surface area contributed by atoms with Gasteiger partial charge < -0.3 is 9.64 Å². The fourth-order valence-corrected chi connectivity index (χ4v) is 4.34. The standard InChI is InChI=1S/C29H44ClN2O2/c1-4-6-7-8-9-10-11-12-13-14-22-34-29-16-15-27(23-28(29)30)32(25(3)33)24-26-17-20-31(19-5-2)21-18-26/h15-18,20-21,23H,4-14,19,22,24H2,1-3H3/q+1. The quantitative estimate of drug-likeness (QED) is 0.168. The molecule has 1 amide bonds. The van der Waals surface area contributed by atoms with Gasteiger partial charge in [-0.25, -0.2) is 4.57 Å². The van der Waals surface area contributed by atoms with Gasteiger partial charge in [-0.3, -0.25) is 4.79 Å². The molecule has 0 atom stereocenters. The molecule has 188 valence electrons. The molecule has 4 nitrogen and oxygen atoms in total. The van der Waals surface area contributed by atoms with Crippen molar-refractivity contribution < 1.29 is 14.1 Å². The molecular weight excluding hydrogens is 444 g/mol. The van der Waals surface area contributed by atoms with Crippen LogP contribution in [-0.4, -0.2) is 12.5 Å². The molecule has 0 saturated heterocycles. The molecule has 0 saturated carbocycles. The molecule has 0 N–H and O–H groups in total. The highest BCUT2D eigenvalue weighted by Crippen LogP contribution is 2.30. The van der Waals surface area contributed by atoms with Crippen molar-refractivity contribution in [1.82, 2.24) is 0 Å². The Bertz CT molecular complexity index is 839. The number of carbonyl (C=O) groups excluding carboxylic acids is 1. The second-order valence-corrected chi connectivity index (χ2v) is 9.60. The van der Waals surface area contributed by atoms with Crippen LogP contribution >= 0.6 is 11.6 Å². The van der Waals surface area contributed by atoms with E-state index in [1.807, 2.05) is 18.2 Å². The Balaban J connectivity index is 1.77. The summed E-state index contributed by atoms with van der Waals surface area (Å²) in [7, 11) is 0. The smallest absolute Gasteiger partial charge is 0.224 e. The number of benzene rings is 1. The molecule has 0 spiro atoms. The lowest BCUT2D eigenvalue weighted by Gasteiger charge is -2.22. The Hall–Kier alpha value is -2.07. The third kappa shape index (κ3) is 10.5. The molecule has 0 bridgehead atoms. The first-order chi connectivity index (χ1) is 16.5. The molecule has 2 rings (SSSR count). The molecule has 0 aliphatic carbocycles. The van der Waals surface area contributed by atoms with E-state index in [2.05, 4.69) is 42.9 Å². The number of hydrogen-bond donors (Lipinski definition) is 0. The highest BCUT2D eigenvalue weighted by atomic mass is 35.5. The maximum absolute atomic E-state index is 12.3. The van der Waals surface area contributed by atoms with Crippen LogP contribution in [0.25, 0.3) is 0 Å². The van der Waals surface area contributed by atoms with Gasteiger partial charge in [0.2, 0.25) is 5.91 Å². The Labute approximate surface area is 212 Å². The van der Waals surface area contributed by atoms with Gasteiger partial charge in [0.1, 0.15) is 12.3 Å². The molecule has 0 radical (unpaired) electrons. The number of nitrogens with zero attached hydrogens (tertiary/aromatic N) is 2. The summed E-state index contributed by atoms with van der Waals surface area (Å²) in [5.74, 6) is 0.672. The molecule has 1 aromatic heterocycles. The van der Waals surface area contributed by atoms with E-state index in [9.17, 15) is 4.79 Å². The van der Waals surface area contributed by atoms with Crippen LogP contribution < -0.4 is 14.2 Å². The number of carbonyl (C=O) groups is 1. The Morgan fingerprint density at radius 3 is 2.06 bits per heavy atom. The lowest BCUT2D eigenvalue weighted by Crippen LogP contribution is -2.33. The average molecular weight is 488 g/mol. The minimum absolute atomic E-state index is 0.0135. The van der Waals surface area contributed by atoms with Gasteiger partial charge in [-0.15, -0.1) is 0 Å². The van der Waals surface area contributed by atoms with Crippen molar-refractivity contribution in [2.24, 2.45) is 0 Å². The van der Waals surface area contributed by atoms with Crippen molar-refractivity contribution in [2.45, 2.75) is 104 Å². The first kappa shape index (κ1) is 28.2. The number of rotatable bonds is 17. The normalized spacial score (nSPS) is 10.9. The first-order valence-electron chi connectivity index (χ1n) is 13.2. The van der Waals surface area contributed by atoms with E-state index in [0.29, 0.717) is 23.9 Å². The van der Waals surface area contributed by atoms with Crippen molar-refractivity contribution in [3.05, 3.63) is 53.3 Å². The van der Waals surface area contributed by atoms with Crippen LogP contribution in [0.2, 0.25) is 5.02 Å². The van der Waals surface area contributed by atoms with Crippen LogP contribution in [0.5, 0.6) is 5.75 Å². The fourth-order valence-electron chi connectivity index (χ4n) is 4.11. The third-order valence-corrected chi connectivity index (χ3v) is 6.44. The molecule has 1 heterocycles. The number of amides is 1. The zero-order chi connectivity index (χ0) is 24.6. The summed E-state index contributed by atoms with van der Waals surface area (Å²) in [6, 6.07) is 9.76. The van der Waals surface area contributed by atoms with Crippen LogP contribution in [0.4, 0.5) is 5.69 Å². The summed E-state index contributed by atoms with van der Waals surface area (Å²) in [4.78, 5) is 14.1. The second-order valence-electron chi connectivity index (χ2n) is 9.19. The third-order valence-electron chi connectivity index (χ3n) is 6.15. The topological polar surface area (TPSA) is 33.4 Å². The predicted molar refractivity (Wildman–Crippen MR) is 143 cm³/mol. The summed E-state index contributed by atoms with van der Waals surface area (Å²) >= 11 is 6.50. The van der Waals surface area contributed by atoms with Gasteiger partial charge in [-0.1, -0.05) is 83.2 Å². The van der Waals surface area contributed by atoms with Crippen molar-refractivity contribution in [2.75, 3.05) is 11.5 Å². The van der Waals surface area contributed by atoms with Gasteiger partial charge in [-0.2, -0.15) is 0 Å². The molecule has 0 fully saturated rings. The van der Waals surface area contributed by atoms with Crippen molar-refractivity contribution in [3.63, 3.8) is 0 Å². The van der Waals surface area contributed by atoms with Gasteiger partial charge in [0.15, 0.2) is 12.4 Å². The predicted octanol–water partition coefficient (Wildman–Crippen LogP) is 7.89. The Morgan fingerprint density at radius 2 is 1.50 bits per heavy atom. The van der Waals surface area contributed by atoms with E-state index in [-0.39, 0.29) is 5.91 Å². The number of aryl methyl sites for hydroxylation is 1. The van der Waals surface area contributed by atoms with Crippen LogP contribution in [0.3, 0.4) is 0 Å². The average Bonchev–Trinajstić information content (AvgIpc) is 2.83. The molecular formula is C29H44ClN2O2+. The lowest BCUT2D eigenvalue weighted by atomic mass is 10.1. The van der Waals surface area contributed by atoms with Crippen LogP contribution in [-0.2, 0) is 17.9 Å². The van der Waals surface area contributed by atoms with E-state index >= 15 is 0 Å². The van der Waals surface area contributed by atoms with E-state index in [1.54, 1.807) is 11.8 Å². The summed E-state index contributed by atoms with van der Waals surface area (Å²) in [5.41, 5.74) is 1.87. The molecule has 5 heteroatoms. The summed E-state index contributed by atoms with van der Waals surface area (Å²) in [6.07, 6.45) is 18.2. The van der Waals surface area contributed by atoms with Gasteiger partial charge in [-0.05, 0) is 30.2 Å². The number of halogens is 1. The maximum Gasteiger partial charge on any atom is 0.224 e. The van der Waals surface area contributed by atoms with Gasteiger partial charge in [0, 0.05) is 31.2 Å². The van der Waals surface area contributed by atoms with Crippen molar-refractivity contribution in [3.8, 4) is 5.75 Å². The van der Waals surface area contributed by atoms with Gasteiger partial charge >= 0.3 is 0 Å². The Kier molecular flexibility index (Phi) is 13.7. The zero-order valence-electron chi connectivity index (χ0n) is 21.5. The monoisotopic (exact) mass is 487 g/mol. The first-order valence-corrected chi connectivity index (χ1v) is 13.6. The molecule has 34 heavy (non-hydrogen) atoms. The molecule has 0 aliphatic rings. The summed E-state index contributed by atoms with van der Waals surface area (Å²) in [6.45, 7) is 8.19. The largest absolute Gasteiger partial charge is 0.492 e. The molecule has 0 aliphatic heterocycles. The van der Waals surface area contributed by atoms with E-state index < -0.39 is 0 Å². The van der Waals surface area contributed by atoms with Crippen LogP contribution in [0.1, 0.15) is 97.0 Å². The van der Waals surface area contributed by atoms with E-state index in [4.69, 9.17) is 16.3 Å². The minimum Gasteiger partial charge on any atom is -0.492 e. The van der Waals surface area contributed by atoms with E-state index in [1.165, 1.54) is 57.8 Å². The van der Waals surface area contributed by atoms with E-state index in [0.717, 1.165) is 30.6 Å². The van der Waals surface area contributed by atoms with Gasteiger partial charge in [0.05, 0.1) is 18.2 Å². The zero-order valence-corrected chi connectivity index (χ0v) is 22.3. The van der Waals surface area contributed by atoms with Crippen LogP contribution in [0.15, 0.2) is 42.7 Å². The number of anilines is 1. The molecule has 1 aromatic carbocycles. The van der Waals surface area contributed by atoms with Crippen molar-refractivity contribution >= 4 is 23.2 Å². The summed E-state index contributed by atoms with van der Waals surface area (Å²) < 4.78 is 8.07. The number of hydrogen-bond acceptors (Lipinski definition) is 2. The SMILES string of the molecule is CCCCCCCCCCCCOc1ccc(N(Cc2cc[n+](CCC)cc2)C(C)=O)cc1Cl. The molecule has 0 unspecified atom stereocenters. The fraction of sp³-hybridized carbons (Fsp3) is 0.586. The highest BCUT2D eigenvalue weighted by Gasteiger charge is 2.15. The number of unbranched alkanes of at least 4 members (excludes halogenated alkanes) is 9. The molecule has 2 aromatic rings. The Morgan fingerprint density at radius 1 is 0.882 bits per heavy atom. The van der Waals surface area contributed by atoms with Gasteiger partial charge in [0.25, 0.3) is 0 Å². The summed E-state index contributed by atoms with van der Waals surface area (Å²) in [5, 5.41) is 0.546. The maximum atomic E-state index is 12.3. The minimum atomic E-state index is -0.0135. The second kappa shape index (κ2) is 16.5. The lowest BCUT2D eigenvalue weighted by molar-refractivity contribution is -0.697. The number of ether oxygens (including phenoxy) is 1.